The minimum Gasteiger partial charge on any atom is -0.508 e. The second-order valence-electron chi connectivity index (χ2n) is 7.50. The number of carbonyl (C=O) groups excluding carboxylic acids is 1. The molecule has 1 amide bonds. The standard InChI is InChI=1S/C20H30N6O2.ClH/c1-3-14(2)19(21)17-13-26(24-23-17)18(12-15-4-6-16(27)7-5-15)20(28)25-10-8-22-9-11-25;/h4-7,13-14,18-19,22,27H,3,8-12,21H2,1-2H3;1H/t14?,18-,19-;/m0./s1. The summed E-state index contributed by atoms with van der Waals surface area (Å²) in [5, 5.41) is 21.3. The number of benzene rings is 1. The first-order chi connectivity index (χ1) is 13.5. The van der Waals surface area contributed by atoms with Crippen molar-refractivity contribution in [2.45, 2.75) is 38.8 Å². The van der Waals surface area contributed by atoms with Crippen LogP contribution >= 0.6 is 12.4 Å². The molecule has 29 heavy (non-hydrogen) atoms. The van der Waals surface area contributed by atoms with E-state index in [-0.39, 0.29) is 36.0 Å². The molecule has 1 aliphatic heterocycles. The number of nitrogens with zero attached hydrogens (tertiary/aromatic N) is 4. The van der Waals surface area contributed by atoms with Crippen molar-refractivity contribution in [2.75, 3.05) is 26.2 Å². The lowest BCUT2D eigenvalue weighted by Crippen LogP contribution is -2.49. The maximum atomic E-state index is 13.3. The van der Waals surface area contributed by atoms with Crippen LogP contribution in [-0.4, -0.2) is 57.1 Å². The van der Waals surface area contributed by atoms with Crippen LogP contribution < -0.4 is 11.1 Å². The highest BCUT2D eigenvalue weighted by atomic mass is 35.5. The van der Waals surface area contributed by atoms with Crippen molar-refractivity contribution in [1.29, 1.82) is 0 Å². The molecule has 2 aromatic rings. The van der Waals surface area contributed by atoms with Crippen LogP contribution in [0.1, 0.15) is 43.6 Å². The average Bonchev–Trinajstić information content (AvgIpc) is 3.22. The lowest BCUT2D eigenvalue weighted by molar-refractivity contribution is -0.135. The van der Waals surface area contributed by atoms with Gasteiger partial charge in [-0.15, -0.1) is 17.5 Å². The molecule has 0 spiro atoms. The molecule has 1 aromatic carbocycles. The molecule has 1 fully saturated rings. The normalized spacial score (nSPS) is 17.3. The number of nitrogens with one attached hydrogen (secondary N) is 1. The van der Waals surface area contributed by atoms with E-state index in [0.717, 1.165) is 25.1 Å². The molecule has 1 aromatic heterocycles. The molecule has 0 radical (unpaired) electrons. The monoisotopic (exact) mass is 422 g/mol. The Hall–Kier alpha value is -2.16. The molecule has 0 aliphatic carbocycles. The first-order valence-corrected chi connectivity index (χ1v) is 9.94. The Labute approximate surface area is 177 Å². The fourth-order valence-corrected chi connectivity index (χ4v) is 3.39. The molecular formula is C20H31ClN6O2. The summed E-state index contributed by atoms with van der Waals surface area (Å²) in [6, 6.07) is 6.22. The summed E-state index contributed by atoms with van der Waals surface area (Å²) in [5.74, 6) is 0.518. The third-order valence-corrected chi connectivity index (χ3v) is 5.52. The number of aromatic nitrogens is 3. The van der Waals surface area contributed by atoms with Gasteiger partial charge in [0.05, 0.1) is 17.9 Å². The average molecular weight is 423 g/mol. The van der Waals surface area contributed by atoms with Gasteiger partial charge in [-0.05, 0) is 23.6 Å². The van der Waals surface area contributed by atoms with Crippen molar-refractivity contribution in [3.63, 3.8) is 0 Å². The van der Waals surface area contributed by atoms with Gasteiger partial charge in [-0.2, -0.15) is 0 Å². The van der Waals surface area contributed by atoms with Gasteiger partial charge in [-0.25, -0.2) is 4.68 Å². The summed E-state index contributed by atoms with van der Waals surface area (Å²) in [6.07, 6.45) is 3.23. The van der Waals surface area contributed by atoms with Crippen molar-refractivity contribution >= 4 is 18.3 Å². The Bertz CT molecular complexity index is 776. The molecule has 8 nitrogen and oxygen atoms in total. The number of hydrogen-bond donors (Lipinski definition) is 3. The molecule has 1 aliphatic rings. The molecule has 0 saturated carbocycles. The summed E-state index contributed by atoms with van der Waals surface area (Å²) in [7, 11) is 0. The number of amides is 1. The number of nitrogens with two attached hydrogens (primary N) is 1. The van der Waals surface area contributed by atoms with Crippen LogP contribution in [0, 0.1) is 5.92 Å². The lowest BCUT2D eigenvalue weighted by Gasteiger charge is -2.31. The van der Waals surface area contributed by atoms with Crippen molar-refractivity contribution in [3.05, 3.63) is 41.7 Å². The second-order valence-corrected chi connectivity index (χ2v) is 7.50. The maximum absolute atomic E-state index is 13.3. The summed E-state index contributed by atoms with van der Waals surface area (Å²) >= 11 is 0. The zero-order chi connectivity index (χ0) is 20.1. The maximum Gasteiger partial charge on any atom is 0.247 e. The van der Waals surface area contributed by atoms with E-state index in [2.05, 4.69) is 29.5 Å². The molecular weight excluding hydrogens is 392 g/mol. The third kappa shape index (κ3) is 5.68. The minimum atomic E-state index is -0.493. The zero-order valence-electron chi connectivity index (χ0n) is 17.0. The molecule has 3 rings (SSSR count). The van der Waals surface area contributed by atoms with Gasteiger partial charge in [0.15, 0.2) is 0 Å². The first-order valence-electron chi connectivity index (χ1n) is 9.94. The highest BCUT2D eigenvalue weighted by Crippen LogP contribution is 2.23. The minimum absolute atomic E-state index is 0. The van der Waals surface area contributed by atoms with Crippen LogP contribution in [-0.2, 0) is 11.2 Å². The second kappa shape index (κ2) is 10.6. The van der Waals surface area contributed by atoms with Gasteiger partial charge >= 0.3 is 0 Å². The van der Waals surface area contributed by atoms with Crippen LogP contribution in [0.15, 0.2) is 30.5 Å². The van der Waals surface area contributed by atoms with Gasteiger partial charge in [0.2, 0.25) is 5.91 Å². The molecule has 1 saturated heterocycles. The van der Waals surface area contributed by atoms with E-state index in [4.69, 9.17) is 5.73 Å². The van der Waals surface area contributed by atoms with Gasteiger partial charge in [0.1, 0.15) is 11.8 Å². The van der Waals surface area contributed by atoms with Crippen molar-refractivity contribution < 1.29 is 9.90 Å². The smallest absolute Gasteiger partial charge is 0.247 e. The first kappa shape index (κ1) is 23.1. The Morgan fingerprint density at radius 2 is 1.93 bits per heavy atom. The number of phenolic OH excluding ortho intramolecular Hbond substituents is 1. The van der Waals surface area contributed by atoms with E-state index < -0.39 is 6.04 Å². The van der Waals surface area contributed by atoms with E-state index in [1.165, 1.54) is 0 Å². The number of piperazine rings is 1. The Morgan fingerprint density at radius 3 is 2.55 bits per heavy atom. The summed E-state index contributed by atoms with van der Waals surface area (Å²) in [5.41, 5.74) is 7.96. The number of rotatable bonds is 7. The van der Waals surface area contributed by atoms with Gasteiger partial charge in [-0.3, -0.25) is 4.79 Å². The van der Waals surface area contributed by atoms with Gasteiger partial charge in [0, 0.05) is 32.6 Å². The predicted octanol–water partition coefficient (Wildman–Crippen LogP) is 1.67. The van der Waals surface area contributed by atoms with Crippen LogP contribution in [0.25, 0.3) is 0 Å². The largest absolute Gasteiger partial charge is 0.508 e. The Kier molecular flexibility index (Phi) is 8.43. The van der Waals surface area contributed by atoms with Crippen LogP contribution in [0.3, 0.4) is 0 Å². The summed E-state index contributed by atoms with van der Waals surface area (Å²) in [4.78, 5) is 15.1. The van der Waals surface area contributed by atoms with Gasteiger partial charge in [-0.1, -0.05) is 37.6 Å². The molecule has 160 valence electrons. The van der Waals surface area contributed by atoms with Crippen molar-refractivity contribution in [3.8, 4) is 5.75 Å². The molecule has 4 N–H and O–H groups in total. The predicted molar refractivity (Wildman–Crippen MR) is 114 cm³/mol. The lowest BCUT2D eigenvalue weighted by atomic mass is 9.98. The van der Waals surface area contributed by atoms with Gasteiger partial charge < -0.3 is 21.1 Å². The van der Waals surface area contributed by atoms with E-state index in [0.29, 0.717) is 25.2 Å². The number of carbonyl (C=O) groups is 1. The van der Waals surface area contributed by atoms with Crippen molar-refractivity contribution in [1.82, 2.24) is 25.2 Å². The SMILES string of the molecule is CCC(C)[C@H](N)c1cn([C@@H](Cc2ccc(O)cc2)C(=O)N2CCNCC2)nn1.Cl. The molecule has 1 unspecified atom stereocenters. The molecule has 2 heterocycles. The summed E-state index contributed by atoms with van der Waals surface area (Å²) in [6.45, 7) is 7.12. The fraction of sp³-hybridized carbons (Fsp3) is 0.550. The number of hydrogen-bond acceptors (Lipinski definition) is 6. The van der Waals surface area contributed by atoms with Crippen LogP contribution in [0.4, 0.5) is 0 Å². The number of aromatic hydroxyl groups is 1. The third-order valence-electron chi connectivity index (χ3n) is 5.52. The van der Waals surface area contributed by atoms with E-state index in [9.17, 15) is 9.90 Å². The quantitative estimate of drug-likeness (QED) is 0.626. The van der Waals surface area contributed by atoms with Crippen molar-refractivity contribution in [2.24, 2.45) is 11.7 Å². The number of phenols is 1. The highest BCUT2D eigenvalue weighted by Gasteiger charge is 2.29. The van der Waals surface area contributed by atoms with E-state index in [1.54, 1.807) is 16.8 Å². The Morgan fingerprint density at radius 1 is 1.28 bits per heavy atom. The van der Waals surface area contributed by atoms with Gasteiger partial charge in [0.25, 0.3) is 0 Å². The van der Waals surface area contributed by atoms with Crippen LogP contribution in [0.2, 0.25) is 0 Å². The Balaban J connectivity index is 0.00000300. The van der Waals surface area contributed by atoms with E-state index >= 15 is 0 Å². The highest BCUT2D eigenvalue weighted by molar-refractivity contribution is 5.85. The summed E-state index contributed by atoms with van der Waals surface area (Å²) < 4.78 is 1.65. The molecule has 0 bridgehead atoms. The number of halogens is 1. The topological polar surface area (TPSA) is 109 Å². The van der Waals surface area contributed by atoms with Crippen LogP contribution in [0.5, 0.6) is 5.75 Å². The fourth-order valence-electron chi connectivity index (χ4n) is 3.39. The zero-order valence-corrected chi connectivity index (χ0v) is 17.8. The van der Waals surface area contributed by atoms with E-state index in [1.807, 2.05) is 23.2 Å². The molecule has 3 atom stereocenters. The molecule has 9 heteroatoms.